The summed E-state index contributed by atoms with van der Waals surface area (Å²) in [6, 6.07) is 9.42. The smallest absolute Gasteiger partial charge is 0.0210 e. The van der Waals surface area contributed by atoms with Crippen LogP contribution in [0.4, 0.5) is 0 Å². The summed E-state index contributed by atoms with van der Waals surface area (Å²) in [7, 11) is 0. The lowest BCUT2D eigenvalue weighted by atomic mass is 9.84. The summed E-state index contributed by atoms with van der Waals surface area (Å²) in [5.41, 5.74) is 3.13. The Balaban J connectivity index is 2.53. The zero-order chi connectivity index (χ0) is 14.3. The Labute approximate surface area is 119 Å². The molecule has 0 spiro atoms. The molecule has 1 atom stereocenters. The van der Waals surface area contributed by atoms with Crippen LogP contribution in [0.2, 0.25) is 0 Å². The lowest BCUT2D eigenvalue weighted by molar-refractivity contribution is 0.481. The Hall–Kier alpha value is -0.820. The highest BCUT2D eigenvalue weighted by Crippen LogP contribution is 2.25. The second-order valence-electron chi connectivity index (χ2n) is 6.68. The molecule has 1 nitrogen and oxygen atoms in total. The summed E-state index contributed by atoms with van der Waals surface area (Å²) >= 11 is 0. The zero-order valence-corrected chi connectivity index (χ0v) is 13.4. The van der Waals surface area contributed by atoms with Crippen molar-refractivity contribution < 1.29 is 0 Å². The molecule has 1 heteroatoms. The SMILES string of the molecule is CCCCCC(C)NCc1ccccc1C(C)(C)C. The van der Waals surface area contributed by atoms with Crippen LogP contribution in [0.1, 0.15) is 71.4 Å². The van der Waals surface area contributed by atoms with Crippen molar-refractivity contribution in [3.63, 3.8) is 0 Å². The fourth-order valence-electron chi connectivity index (χ4n) is 2.49. The van der Waals surface area contributed by atoms with Gasteiger partial charge in [0.15, 0.2) is 0 Å². The molecule has 1 unspecified atom stereocenters. The first kappa shape index (κ1) is 16.2. The number of rotatable bonds is 7. The first-order valence-electron chi connectivity index (χ1n) is 7.77. The highest BCUT2D eigenvalue weighted by molar-refractivity contribution is 5.32. The van der Waals surface area contributed by atoms with E-state index in [1.807, 2.05) is 0 Å². The second kappa shape index (κ2) is 7.69. The van der Waals surface area contributed by atoms with E-state index in [4.69, 9.17) is 0 Å². The molecule has 1 N–H and O–H groups in total. The molecule has 108 valence electrons. The molecule has 1 aromatic carbocycles. The molecule has 0 aliphatic rings. The molecule has 19 heavy (non-hydrogen) atoms. The summed E-state index contributed by atoms with van der Waals surface area (Å²) in [4.78, 5) is 0. The van der Waals surface area contributed by atoms with E-state index in [0.29, 0.717) is 6.04 Å². The van der Waals surface area contributed by atoms with Crippen molar-refractivity contribution in [3.05, 3.63) is 35.4 Å². The first-order valence-corrected chi connectivity index (χ1v) is 7.77. The van der Waals surface area contributed by atoms with Gasteiger partial charge in [0.05, 0.1) is 0 Å². The summed E-state index contributed by atoms with van der Waals surface area (Å²) in [6.07, 6.45) is 5.28. The fourth-order valence-corrected chi connectivity index (χ4v) is 2.49. The van der Waals surface area contributed by atoms with Gasteiger partial charge in [-0.25, -0.2) is 0 Å². The van der Waals surface area contributed by atoms with E-state index >= 15 is 0 Å². The van der Waals surface area contributed by atoms with Crippen LogP contribution < -0.4 is 5.32 Å². The Morgan fingerprint density at radius 2 is 1.79 bits per heavy atom. The van der Waals surface area contributed by atoms with Crippen molar-refractivity contribution in [1.82, 2.24) is 5.32 Å². The van der Waals surface area contributed by atoms with Crippen LogP contribution in [0.15, 0.2) is 24.3 Å². The largest absolute Gasteiger partial charge is 0.310 e. The Morgan fingerprint density at radius 1 is 1.11 bits per heavy atom. The lowest BCUT2D eigenvalue weighted by Crippen LogP contribution is -2.27. The van der Waals surface area contributed by atoms with Crippen LogP contribution in [-0.4, -0.2) is 6.04 Å². The predicted octanol–water partition coefficient (Wildman–Crippen LogP) is 5.04. The number of hydrogen-bond donors (Lipinski definition) is 1. The lowest BCUT2D eigenvalue weighted by Gasteiger charge is -2.24. The minimum atomic E-state index is 0.226. The van der Waals surface area contributed by atoms with Crippen molar-refractivity contribution >= 4 is 0 Å². The van der Waals surface area contributed by atoms with Gasteiger partial charge in [-0.15, -0.1) is 0 Å². The maximum atomic E-state index is 3.67. The average Bonchev–Trinajstić information content (AvgIpc) is 2.36. The van der Waals surface area contributed by atoms with Gasteiger partial charge in [0.25, 0.3) is 0 Å². The summed E-state index contributed by atoms with van der Waals surface area (Å²) < 4.78 is 0. The maximum Gasteiger partial charge on any atom is 0.0210 e. The molecule has 0 saturated carbocycles. The standard InChI is InChI=1S/C18H31N/c1-6-7-8-11-15(2)19-14-16-12-9-10-13-17(16)18(3,4)5/h9-10,12-13,15,19H,6-8,11,14H2,1-5H3. The number of hydrogen-bond acceptors (Lipinski definition) is 1. The van der Waals surface area contributed by atoms with Crippen molar-refractivity contribution in [2.75, 3.05) is 0 Å². The van der Waals surface area contributed by atoms with Crippen molar-refractivity contribution in [3.8, 4) is 0 Å². The molecule has 0 bridgehead atoms. The van der Waals surface area contributed by atoms with Gasteiger partial charge in [-0.3, -0.25) is 0 Å². The van der Waals surface area contributed by atoms with Gasteiger partial charge in [0, 0.05) is 12.6 Å². The molecule has 1 rings (SSSR count). The van der Waals surface area contributed by atoms with E-state index in [-0.39, 0.29) is 5.41 Å². The summed E-state index contributed by atoms with van der Waals surface area (Å²) in [5, 5.41) is 3.67. The van der Waals surface area contributed by atoms with Gasteiger partial charge in [0.1, 0.15) is 0 Å². The van der Waals surface area contributed by atoms with Gasteiger partial charge in [0.2, 0.25) is 0 Å². The highest BCUT2D eigenvalue weighted by Gasteiger charge is 2.17. The Morgan fingerprint density at radius 3 is 2.42 bits per heavy atom. The summed E-state index contributed by atoms with van der Waals surface area (Å²) in [5.74, 6) is 0. The fraction of sp³-hybridized carbons (Fsp3) is 0.667. The van der Waals surface area contributed by atoms with Gasteiger partial charge in [-0.05, 0) is 29.9 Å². The van der Waals surface area contributed by atoms with Crippen LogP contribution in [0.3, 0.4) is 0 Å². The van der Waals surface area contributed by atoms with Crippen LogP contribution in [0, 0.1) is 0 Å². The van der Waals surface area contributed by atoms with Crippen molar-refractivity contribution in [2.24, 2.45) is 0 Å². The third kappa shape index (κ3) is 5.78. The normalized spacial score (nSPS) is 13.5. The molecule has 0 fully saturated rings. The monoisotopic (exact) mass is 261 g/mol. The molecular formula is C18H31N. The third-order valence-electron chi connectivity index (χ3n) is 3.71. The van der Waals surface area contributed by atoms with E-state index in [9.17, 15) is 0 Å². The first-order chi connectivity index (χ1) is 8.95. The van der Waals surface area contributed by atoms with E-state index in [1.165, 1.54) is 36.8 Å². The van der Waals surface area contributed by atoms with Crippen LogP contribution >= 0.6 is 0 Å². The van der Waals surface area contributed by atoms with E-state index < -0.39 is 0 Å². The Bertz CT molecular complexity index is 362. The van der Waals surface area contributed by atoms with Crippen molar-refractivity contribution in [1.29, 1.82) is 0 Å². The quantitative estimate of drug-likeness (QED) is 0.678. The number of nitrogens with one attached hydrogen (secondary N) is 1. The highest BCUT2D eigenvalue weighted by atomic mass is 14.9. The predicted molar refractivity (Wildman–Crippen MR) is 85.6 cm³/mol. The molecule has 0 aromatic heterocycles. The van der Waals surface area contributed by atoms with Crippen molar-refractivity contribution in [2.45, 2.75) is 78.3 Å². The van der Waals surface area contributed by atoms with Crippen LogP contribution in [0.5, 0.6) is 0 Å². The third-order valence-corrected chi connectivity index (χ3v) is 3.71. The maximum absolute atomic E-state index is 3.67. The van der Waals surface area contributed by atoms with E-state index in [0.717, 1.165) is 6.54 Å². The molecule has 0 saturated heterocycles. The molecule has 0 radical (unpaired) electrons. The van der Waals surface area contributed by atoms with Gasteiger partial charge in [-0.2, -0.15) is 0 Å². The van der Waals surface area contributed by atoms with Crippen LogP contribution in [-0.2, 0) is 12.0 Å². The number of unbranched alkanes of at least 4 members (excludes halogenated alkanes) is 2. The molecule has 1 aromatic rings. The van der Waals surface area contributed by atoms with Gasteiger partial charge in [-0.1, -0.05) is 71.2 Å². The van der Waals surface area contributed by atoms with Gasteiger partial charge < -0.3 is 5.32 Å². The topological polar surface area (TPSA) is 12.0 Å². The zero-order valence-electron chi connectivity index (χ0n) is 13.4. The van der Waals surface area contributed by atoms with Gasteiger partial charge >= 0.3 is 0 Å². The molecule has 0 amide bonds. The van der Waals surface area contributed by atoms with Crippen LogP contribution in [0.25, 0.3) is 0 Å². The average molecular weight is 261 g/mol. The molecular weight excluding hydrogens is 230 g/mol. The molecule has 0 heterocycles. The van der Waals surface area contributed by atoms with E-state index in [1.54, 1.807) is 0 Å². The minimum absolute atomic E-state index is 0.226. The summed E-state index contributed by atoms with van der Waals surface area (Å²) in [6.45, 7) is 12.4. The Kier molecular flexibility index (Phi) is 6.57. The number of benzene rings is 1. The van der Waals surface area contributed by atoms with E-state index in [2.05, 4.69) is 64.2 Å². The minimum Gasteiger partial charge on any atom is -0.310 e. The second-order valence-corrected chi connectivity index (χ2v) is 6.68. The molecule has 0 aliphatic heterocycles. The molecule has 0 aliphatic carbocycles.